The molecule has 0 aliphatic carbocycles. The summed E-state index contributed by atoms with van der Waals surface area (Å²) in [6.07, 6.45) is -0.0482. The Bertz CT molecular complexity index is 664. The summed E-state index contributed by atoms with van der Waals surface area (Å²) >= 11 is 5.82. The molecule has 1 amide bonds. The molecule has 1 aromatic carbocycles. The van der Waals surface area contributed by atoms with Crippen LogP contribution in [0.2, 0.25) is 5.15 Å². The first kappa shape index (κ1) is 15.0. The van der Waals surface area contributed by atoms with E-state index in [0.29, 0.717) is 22.5 Å². The summed E-state index contributed by atoms with van der Waals surface area (Å²) in [6, 6.07) is 9.77. The van der Waals surface area contributed by atoms with Gasteiger partial charge in [-0.3, -0.25) is 9.59 Å². The van der Waals surface area contributed by atoms with E-state index in [0.717, 1.165) is 0 Å². The number of aliphatic carboxylic acids is 1. The smallest absolute Gasteiger partial charge is 0.307 e. The molecule has 0 saturated carbocycles. The van der Waals surface area contributed by atoms with Gasteiger partial charge in [0.2, 0.25) is 0 Å². The van der Waals surface area contributed by atoms with Crippen molar-refractivity contribution in [2.24, 2.45) is 0 Å². The number of carboxylic acids is 1. The van der Waals surface area contributed by atoms with E-state index in [-0.39, 0.29) is 17.5 Å². The van der Waals surface area contributed by atoms with Gasteiger partial charge in [-0.25, -0.2) is 4.98 Å². The number of nitrogens with zero attached hydrogens (tertiary/aromatic N) is 1. The Morgan fingerprint density at radius 3 is 2.48 bits per heavy atom. The van der Waals surface area contributed by atoms with Crippen LogP contribution >= 0.6 is 11.6 Å². The minimum absolute atomic E-state index is 0.0482. The number of carbonyl (C=O) groups is 2. The van der Waals surface area contributed by atoms with E-state index < -0.39 is 5.97 Å². The second-order valence-electron chi connectivity index (χ2n) is 4.54. The second kappa shape index (κ2) is 6.37. The zero-order valence-electron chi connectivity index (χ0n) is 11.3. The van der Waals surface area contributed by atoms with Gasteiger partial charge in [0.05, 0.1) is 6.42 Å². The molecule has 0 radical (unpaired) electrons. The summed E-state index contributed by atoms with van der Waals surface area (Å²) in [5.41, 5.74) is 2.33. The SMILES string of the molecule is Cc1cc(C(=O)Nc2ccc(CC(=O)O)cc2)cc(Cl)n1. The molecule has 0 aliphatic rings. The number of nitrogens with one attached hydrogen (secondary N) is 1. The van der Waals surface area contributed by atoms with E-state index in [1.165, 1.54) is 6.07 Å². The van der Waals surface area contributed by atoms with Gasteiger partial charge in [-0.15, -0.1) is 0 Å². The third-order valence-corrected chi connectivity index (χ3v) is 2.95. The van der Waals surface area contributed by atoms with Gasteiger partial charge in [0.25, 0.3) is 5.91 Å². The average Bonchev–Trinajstić information content (AvgIpc) is 2.39. The standard InChI is InChI=1S/C15H13ClN2O3/c1-9-6-11(8-13(16)17-9)15(21)18-12-4-2-10(3-5-12)7-14(19)20/h2-6,8H,7H2,1H3,(H,18,21)(H,19,20). The molecule has 0 saturated heterocycles. The molecule has 0 atom stereocenters. The molecule has 0 fully saturated rings. The summed E-state index contributed by atoms with van der Waals surface area (Å²) in [7, 11) is 0. The fourth-order valence-electron chi connectivity index (χ4n) is 1.84. The number of hydrogen-bond acceptors (Lipinski definition) is 3. The van der Waals surface area contributed by atoms with Crippen LogP contribution in [0.4, 0.5) is 5.69 Å². The normalized spacial score (nSPS) is 10.2. The lowest BCUT2D eigenvalue weighted by atomic mass is 10.1. The van der Waals surface area contributed by atoms with E-state index >= 15 is 0 Å². The Morgan fingerprint density at radius 1 is 1.24 bits per heavy atom. The molecule has 21 heavy (non-hydrogen) atoms. The molecule has 2 N–H and O–H groups in total. The van der Waals surface area contributed by atoms with E-state index in [4.69, 9.17) is 16.7 Å². The Hall–Kier alpha value is -2.40. The number of pyridine rings is 1. The predicted octanol–water partition coefficient (Wildman–Crippen LogP) is 2.92. The summed E-state index contributed by atoms with van der Waals surface area (Å²) in [5, 5.41) is 11.7. The molecular formula is C15H13ClN2O3. The predicted molar refractivity (Wildman–Crippen MR) is 79.7 cm³/mol. The van der Waals surface area contributed by atoms with Crippen molar-refractivity contribution in [3.05, 3.63) is 58.4 Å². The van der Waals surface area contributed by atoms with Gasteiger partial charge in [-0.05, 0) is 36.8 Å². The summed E-state index contributed by atoms with van der Waals surface area (Å²) in [5.74, 6) is -1.19. The van der Waals surface area contributed by atoms with Crippen LogP contribution in [0.5, 0.6) is 0 Å². The number of rotatable bonds is 4. The van der Waals surface area contributed by atoms with Crippen LogP contribution in [0.3, 0.4) is 0 Å². The maximum Gasteiger partial charge on any atom is 0.307 e. The largest absolute Gasteiger partial charge is 0.481 e. The van der Waals surface area contributed by atoms with Crippen molar-refractivity contribution in [1.29, 1.82) is 0 Å². The maximum absolute atomic E-state index is 12.1. The molecule has 2 rings (SSSR count). The van der Waals surface area contributed by atoms with Crippen molar-refractivity contribution >= 4 is 29.2 Å². The highest BCUT2D eigenvalue weighted by molar-refractivity contribution is 6.29. The summed E-state index contributed by atoms with van der Waals surface area (Å²) < 4.78 is 0. The van der Waals surface area contributed by atoms with Gasteiger partial charge in [-0.1, -0.05) is 23.7 Å². The number of halogens is 1. The number of carbonyl (C=O) groups excluding carboxylic acids is 1. The lowest BCUT2D eigenvalue weighted by Gasteiger charge is -2.07. The van der Waals surface area contributed by atoms with Crippen molar-refractivity contribution in [1.82, 2.24) is 4.98 Å². The molecule has 108 valence electrons. The molecule has 6 heteroatoms. The topological polar surface area (TPSA) is 79.3 Å². The van der Waals surface area contributed by atoms with Gasteiger partial charge in [0.15, 0.2) is 0 Å². The number of amides is 1. The number of aromatic nitrogens is 1. The van der Waals surface area contributed by atoms with E-state index in [1.54, 1.807) is 37.3 Å². The average molecular weight is 305 g/mol. The summed E-state index contributed by atoms with van der Waals surface area (Å²) in [4.78, 5) is 26.7. The van der Waals surface area contributed by atoms with Gasteiger partial charge in [0.1, 0.15) is 5.15 Å². The van der Waals surface area contributed by atoms with Gasteiger partial charge < -0.3 is 10.4 Å². The number of anilines is 1. The van der Waals surface area contributed by atoms with Gasteiger partial charge >= 0.3 is 5.97 Å². The Labute approximate surface area is 126 Å². The van der Waals surface area contributed by atoms with Crippen molar-refractivity contribution in [2.45, 2.75) is 13.3 Å². The monoisotopic (exact) mass is 304 g/mol. The number of aryl methyl sites for hydroxylation is 1. The Morgan fingerprint density at radius 2 is 1.90 bits per heavy atom. The minimum atomic E-state index is -0.895. The van der Waals surface area contributed by atoms with Gasteiger partial charge in [-0.2, -0.15) is 0 Å². The van der Waals surface area contributed by atoms with Gasteiger partial charge in [0, 0.05) is 16.9 Å². The Kier molecular flexibility index (Phi) is 4.55. The van der Waals surface area contributed by atoms with Crippen LogP contribution < -0.4 is 5.32 Å². The highest BCUT2D eigenvalue weighted by Crippen LogP contribution is 2.14. The second-order valence-corrected chi connectivity index (χ2v) is 4.93. The summed E-state index contributed by atoms with van der Waals surface area (Å²) in [6.45, 7) is 1.75. The molecule has 5 nitrogen and oxygen atoms in total. The van der Waals surface area contributed by atoms with E-state index in [1.807, 2.05) is 0 Å². The zero-order valence-corrected chi connectivity index (χ0v) is 12.0. The third-order valence-electron chi connectivity index (χ3n) is 2.75. The molecular weight excluding hydrogens is 292 g/mol. The molecule has 0 unspecified atom stereocenters. The molecule has 1 aromatic heterocycles. The van der Waals surface area contributed by atoms with Crippen molar-refractivity contribution in [3.63, 3.8) is 0 Å². The molecule has 2 aromatic rings. The van der Waals surface area contributed by atoms with E-state index in [9.17, 15) is 9.59 Å². The van der Waals surface area contributed by atoms with E-state index in [2.05, 4.69) is 10.3 Å². The Balaban J connectivity index is 2.10. The molecule has 0 bridgehead atoms. The van der Waals surface area contributed by atoms with Crippen LogP contribution in [-0.2, 0) is 11.2 Å². The van der Waals surface area contributed by atoms with Crippen LogP contribution in [0.25, 0.3) is 0 Å². The minimum Gasteiger partial charge on any atom is -0.481 e. The lowest BCUT2D eigenvalue weighted by molar-refractivity contribution is -0.136. The van der Waals surface area contributed by atoms with Crippen LogP contribution in [-0.4, -0.2) is 22.0 Å². The molecule has 1 heterocycles. The first-order chi connectivity index (χ1) is 9.94. The van der Waals surface area contributed by atoms with Crippen LogP contribution in [0.1, 0.15) is 21.6 Å². The van der Waals surface area contributed by atoms with Crippen LogP contribution in [0, 0.1) is 6.92 Å². The zero-order chi connectivity index (χ0) is 15.4. The quantitative estimate of drug-likeness (QED) is 0.851. The number of hydrogen-bond donors (Lipinski definition) is 2. The van der Waals surface area contributed by atoms with Crippen molar-refractivity contribution in [2.75, 3.05) is 5.32 Å². The van der Waals surface area contributed by atoms with Crippen LogP contribution in [0.15, 0.2) is 36.4 Å². The highest BCUT2D eigenvalue weighted by atomic mass is 35.5. The molecule has 0 aliphatic heterocycles. The maximum atomic E-state index is 12.1. The number of carboxylic acid groups (broad SMARTS) is 1. The van der Waals surface area contributed by atoms with Crippen molar-refractivity contribution < 1.29 is 14.7 Å². The van der Waals surface area contributed by atoms with Crippen molar-refractivity contribution in [3.8, 4) is 0 Å². The fraction of sp³-hybridized carbons (Fsp3) is 0.133. The fourth-order valence-corrected chi connectivity index (χ4v) is 2.09. The third kappa shape index (κ3) is 4.29. The first-order valence-corrected chi connectivity index (χ1v) is 6.58. The lowest BCUT2D eigenvalue weighted by Crippen LogP contribution is -2.12. The highest BCUT2D eigenvalue weighted by Gasteiger charge is 2.09. The number of benzene rings is 1. The first-order valence-electron chi connectivity index (χ1n) is 6.20. The molecule has 0 spiro atoms.